The molecule has 0 fully saturated rings. The molecule has 13 heavy (non-hydrogen) atoms. The smallest absolute Gasteiger partial charge is 0.0986 e. The Kier molecular flexibility index (Phi) is 3.75. The Balaban J connectivity index is 2.83. The molecule has 0 spiro atoms. The summed E-state index contributed by atoms with van der Waals surface area (Å²) in [7, 11) is 0. The number of aryl methyl sites for hydroxylation is 1. The van der Waals surface area contributed by atoms with Crippen LogP contribution in [-0.2, 0) is 6.42 Å². The molecule has 2 nitrogen and oxygen atoms in total. The quantitative estimate of drug-likeness (QED) is 0.752. The first-order chi connectivity index (χ1) is 6.13. The van der Waals surface area contributed by atoms with Gasteiger partial charge in [-0.1, -0.05) is 6.07 Å². The molecule has 3 heteroatoms. The van der Waals surface area contributed by atoms with Crippen molar-refractivity contribution in [3.8, 4) is 0 Å². The molecule has 0 saturated carbocycles. The third-order valence-electron chi connectivity index (χ3n) is 1.84. The maximum Gasteiger partial charge on any atom is 0.0986 e. The van der Waals surface area contributed by atoms with Gasteiger partial charge in [-0.25, -0.2) is 4.98 Å². The zero-order valence-corrected chi connectivity index (χ0v) is 9.19. The van der Waals surface area contributed by atoms with E-state index in [-0.39, 0.29) is 6.04 Å². The van der Waals surface area contributed by atoms with E-state index in [1.54, 1.807) is 11.8 Å². The van der Waals surface area contributed by atoms with E-state index in [4.69, 9.17) is 5.73 Å². The van der Waals surface area contributed by atoms with Crippen LogP contribution in [0.4, 0.5) is 0 Å². The molecular weight excluding hydrogens is 180 g/mol. The second kappa shape index (κ2) is 4.63. The molecular formula is C10H16N2S. The summed E-state index contributed by atoms with van der Waals surface area (Å²) >= 11 is 1.68. The van der Waals surface area contributed by atoms with Gasteiger partial charge in [0.15, 0.2) is 0 Å². The maximum atomic E-state index is 5.71. The van der Waals surface area contributed by atoms with Crippen LogP contribution in [0.15, 0.2) is 17.3 Å². The molecule has 72 valence electrons. The second-order valence-corrected chi connectivity index (χ2v) is 4.15. The summed E-state index contributed by atoms with van der Waals surface area (Å²) in [5.74, 6) is 0. The SMILES string of the molecule is CSc1ncc(CC(C)N)cc1C. The normalized spacial score (nSPS) is 12.9. The van der Waals surface area contributed by atoms with Crippen molar-refractivity contribution in [3.63, 3.8) is 0 Å². The maximum absolute atomic E-state index is 5.71. The first-order valence-corrected chi connectivity index (χ1v) is 5.61. The first-order valence-electron chi connectivity index (χ1n) is 4.38. The van der Waals surface area contributed by atoms with Gasteiger partial charge in [0.05, 0.1) is 5.03 Å². The number of hydrogen-bond donors (Lipinski definition) is 1. The lowest BCUT2D eigenvalue weighted by atomic mass is 10.1. The summed E-state index contributed by atoms with van der Waals surface area (Å²) < 4.78 is 0. The average molecular weight is 196 g/mol. The number of rotatable bonds is 3. The van der Waals surface area contributed by atoms with E-state index in [2.05, 4.69) is 18.0 Å². The lowest BCUT2D eigenvalue weighted by molar-refractivity contribution is 0.733. The standard InChI is InChI=1S/C10H16N2S/c1-7-4-9(5-8(2)11)6-12-10(7)13-3/h4,6,8H,5,11H2,1-3H3. The Morgan fingerprint density at radius 2 is 2.31 bits per heavy atom. The summed E-state index contributed by atoms with van der Waals surface area (Å²) in [6.07, 6.45) is 4.87. The van der Waals surface area contributed by atoms with E-state index < -0.39 is 0 Å². The Morgan fingerprint density at radius 1 is 1.62 bits per heavy atom. The molecule has 1 atom stereocenters. The van der Waals surface area contributed by atoms with Gasteiger partial charge >= 0.3 is 0 Å². The molecule has 2 N–H and O–H groups in total. The summed E-state index contributed by atoms with van der Waals surface area (Å²) in [5.41, 5.74) is 8.18. The predicted molar refractivity (Wildman–Crippen MR) is 58.1 cm³/mol. The molecule has 0 saturated heterocycles. The average Bonchev–Trinajstić information content (AvgIpc) is 2.03. The molecule has 1 rings (SSSR count). The number of nitrogens with two attached hydrogens (primary N) is 1. The minimum absolute atomic E-state index is 0.210. The van der Waals surface area contributed by atoms with Gasteiger partial charge in [-0.05, 0) is 37.7 Å². The third-order valence-corrected chi connectivity index (χ3v) is 2.65. The minimum Gasteiger partial charge on any atom is -0.328 e. The van der Waals surface area contributed by atoms with Crippen LogP contribution in [0.1, 0.15) is 18.1 Å². The Hall–Kier alpha value is -0.540. The molecule has 0 amide bonds. The van der Waals surface area contributed by atoms with Gasteiger partial charge in [0.1, 0.15) is 0 Å². The van der Waals surface area contributed by atoms with Crippen LogP contribution in [0, 0.1) is 6.92 Å². The number of nitrogens with zero attached hydrogens (tertiary/aromatic N) is 1. The molecule has 1 heterocycles. The van der Waals surface area contributed by atoms with Crippen LogP contribution in [-0.4, -0.2) is 17.3 Å². The molecule has 0 bridgehead atoms. The number of hydrogen-bond acceptors (Lipinski definition) is 3. The largest absolute Gasteiger partial charge is 0.328 e. The van der Waals surface area contributed by atoms with E-state index in [0.29, 0.717) is 0 Å². The van der Waals surface area contributed by atoms with Crippen LogP contribution in [0.25, 0.3) is 0 Å². The molecule has 0 aliphatic rings. The Morgan fingerprint density at radius 3 is 2.77 bits per heavy atom. The lowest BCUT2D eigenvalue weighted by Crippen LogP contribution is -2.17. The van der Waals surface area contributed by atoms with E-state index in [0.717, 1.165) is 11.4 Å². The molecule has 0 aliphatic heterocycles. The van der Waals surface area contributed by atoms with Crippen LogP contribution in [0.3, 0.4) is 0 Å². The third kappa shape index (κ3) is 3.01. The number of thioether (sulfide) groups is 1. The second-order valence-electron chi connectivity index (χ2n) is 3.35. The first kappa shape index (κ1) is 10.5. The van der Waals surface area contributed by atoms with Crippen LogP contribution in [0.5, 0.6) is 0 Å². The van der Waals surface area contributed by atoms with Gasteiger partial charge in [0.25, 0.3) is 0 Å². The van der Waals surface area contributed by atoms with Crippen molar-refractivity contribution in [3.05, 3.63) is 23.4 Å². The molecule has 0 aromatic carbocycles. The number of aromatic nitrogens is 1. The summed E-state index contributed by atoms with van der Waals surface area (Å²) in [6, 6.07) is 2.38. The van der Waals surface area contributed by atoms with Crippen molar-refractivity contribution < 1.29 is 0 Å². The Labute approximate surface area is 83.9 Å². The highest BCUT2D eigenvalue weighted by atomic mass is 32.2. The van der Waals surface area contributed by atoms with Crippen molar-refractivity contribution in [1.82, 2.24) is 4.98 Å². The monoisotopic (exact) mass is 196 g/mol. The predicted octanol–water partition coefficient (Wildman–Crippen LogP) is 2.00. The van der Waals surface area contributed by atoms with E-state index in [1.807, 2.05) is 19.4 Å². The van der Waals surface area contributed by atoms with Gasteiger partial charge in [0, 0.05) is 12.2 Å². The van der Waals surface area contributed by atoms with Gasteiger partial charge < -0.3 is 5.73 Å². The van der Waals surface area contributed by atoms with E-state index >= 15 is 0 Å². The van der Waals surface area contributed by atoms with Gasteiger partial charge in [-0.2, -0.15) is 0 Å². The highest BCUT2D eigenvalue weighted by molar-refractivity contribution is 7.98. The molecule has 0 radical (unpaired) electrons. The zero-order chi connectivity index (χ0) is 9.84. The van der Waals surface area contributed by atoms with Gasteiger partial charge in [0.2, 0.25) is 0 Å². The van der Waals surface area contributed by atoms with Crippen LogP contribution in [0.2, 0.25) is 0 Å². The van der Waals surface area contributed by atoms with Crippen molar-refractivity contribution in [2.24, 2.45) is 5.73 Å². The lowest BCUT2D eigenvalue weighted by Gasteiger charge is -2.07. The van der Waals surface area contributed by atoms with E-state index in [1.165, 1.54) is 11.1 Å². The van der Waals surface area contributed by atoms with Crippen LogP contribution >= 0.6 is 11.8 Å². The fourth-order valence-electron chi connectivity index (χ4n) is 1.32. The summed E-state index contributed by atoms with van der Waals surface area (Å²) in [5, 5.41) is 1.11. The van der Waals surface area contributed by atoms with Crippen molar-refractivity contribution in [1.29, 1.82) is 0 Å². The van der Waals surface area contributed by atoms with Crippen molar-refractivity contribution in [2.45, 2.75) is 31.3 Å². The minimum atomic E-state index is 0.210. The number of pyridine rings is 1. The van der Waals surface area contributed by atoms with E-state index in [9.17, 15) is 0 Å². The van der Waals surface area contributed by atoms with Crippen LogP contribution < -0.4 is 5.73 Å². The molecule has 0 aliphatic carbocycles. The zero-order valence-electron chi connectivity index (χ0n) is 8.37. The van der Waals surface area contributed by atoms with Crippen molar-refractivity contribution in [2.75, 3.05) is 6.26 Å². The highest BCUT2D eigenvalue weighted by Gasteiger charge is 2.02. The highest BCUT2D eigenvalue weighted by Crippen LogP contribution is 2.17. The summed E-state index contributed by atoms with van der Waals surface area (Å²) in [6.45, 7) is 4.10. The van der Waals surface area contributed by atoms with Gasteiger partial charge in [-0.3, -0.25) is 0 Å². The fourth-order valence-corrected chi connectivity index (χ4v) is 1.86. The van der Waals surface area contributed by atoms with Crippen molar-refractivity contribution >= 4 is 11.8 Å². The molecule has 1 aromatic heterocycles. The fraction of sp³-hybridized carbons (Fsp3) is 0.500. The Bertz CT molecular complexity index is 284. The molecule has 1 aromatic rings. The summed E-state index contributed by atoms with van der Waals surface area (Å²) in [4.78, 5) is 4.36. The van der Waals surface area contributed by atoms with Gasteiger partial charge in [-0.15, -0.1) is 11.8 Å². The molecule has 1 unspecified atom stereocenters. The topological polar surface area (TPSA) is 38.9 Å².